The number of carbonyl (C=O) groups is 2. The number of benzene rings is 1. The third-order valence-corrected chi connectivity index (χ3v) is 5.85. The zero-order valence-electron chi connectivity index (χ0n) is 16.7. The summed E-state index contributed by atoms with van der Waals surface area (Å²) in [6.07, 6.45) is 3.32. The second kappa shape index (κ2) is 8.69. The smallest absolute Gasteiger partial charge is 0.239 e. The summed E-state index contributed by atoms with van der Waals surface area (Å²) in [5.41, 5.74) is 0.928. The van der Waals surface area contributed by atoms with Crippen LogP contribution < -0.4 is 5.32 Å². The van der Waals surface area contributed by atoms with Crippen LogP contribution >= 0.6 is 0 Å². The summed E-state index contributed by atoms with van der Waals surface area (Å²) < 4.78 is 1.76. The van der Waals surface area contributed by atoms with Crippen molar-refractivity contribution in [1.29, 1.82) is 0 Å². The zero-order valence-corrected chi connectivity index (χ0v) is 16.7. The Kier molecular flexibility index (Phi) is 5.84. The maximum Gasteiger partial charge on any atom is 0.239 e. The van der Waals surface area contributed by atoms with E-state index >= 15 is 0 Å². The second-order valence-electron chi connectivity index (χ2n) is 7.79. The highest BCUT2D eigenvalue weighted by molar-refractivity contribution is 5.86. The number of carbonyl (C=O) groups excluding carboxylic acids is 2. The van der Waals surface area contributed by atoms with Crippen LogP contribution in [0.4, 0.5) is 0 Å². The Bertz CT molecular complexity index is 854. The topological polar surface area (TPSA) is 96.2 Å². The third-order valence-electron chi connectivity index (χ3n) is 5.85. The molecule has 0 bridgehead atoms. The molecule has 1 aromatic heterocycles. The fourth-order valence-corrected chi connectivity index (χ4v) is 4.18. The molecule has 1 aromatic carbocycles. The Morgan fingerprint density at radius 1 is 1.21 bits per heavy atom. The van der Waals surface area contributed by atoms with E-state index in [1.165, 1.54) is 0 Å². The lowest BCUT2D eigenvalue weighted by Gasteiger charge is -2.39. The van der Waals surface area contributed by atoms with Crippen molar-refractivity contribution in [2.45, 2.75) is 51.2 Å². The summed E-state index contributed by atoms with van der Waals surface area (Å²) in [5.74, 6) is 0.775. The standard InChI is InChI=1S/C20H27N7O2/c1-15-17(21-19(28)14-26-12-6-10-20(26)29)9-5-11-25(15)13-18-22-23-24-27(18)16-7-3-2-4-8-16/h2-4,7-8,15,17H,5-6,9-14H2,1H3,(H,21,28). The van der Waals surface area contributed by atoms with Crippen molar-refractivity contribution in [3.63, 3.8) is 0 Å². The molecule has 4 rings (SSSR count). The first-order chi connectivity index (χ1) is 14.1. The summed E-state index contributed by atoms with van der Waals surface area (Å²) >= 11 is 0. The number of nitrogens with zero attached hydrogens (tertiary/aromatic N) is 6. The lowest BCUT2D eigenvalue weighted by Crippen LogP contribution is -2.55. The van der Waals surface area contributed by atoms with Gasteiger partial charge < -0.3 is 10.2 Å². The largest absolute Gasteiger partial charge is 0.350 e. The van der Waals surface area contributed by atoms with E-state index in [0.29, 0.717) is 19.5 Å². The van der Waals surface area contributed by atoms with E-state index in [-0.39, 0.29) is 30.4 Å². The van der Waals surface area contributed by atoms with Gasteiger partial charge in [-0.15, -0.1) is 5.10 Å². The van der Waals surface area contributed by atoms with Crippen molar-refractivity contribution in [2.75, 3.05) is 19.6 Å². The van der Waals surface area contributed by atoms with Crippen LogP contribution in [-0.4, -0.2) is 73.5 Å². The number of hydrogen-bond acceptors (Lipinski definition) is 6. The average Bonchev–Trinajstić information content (AvgIpc) is 3.35. The van der Waals surface area contributed by atoms with Gasteiger partial charge in [0.05, 0.1) is 18.8 Å². The highest BCUT2D eigenvalue weighted by atomic mass is 16.2. The third kappa shape index (κ3) is 4.45. The number of nitrogens with one attached hydrogen (secondary N) is 1. The van der Waals surface area contributed by atoms with E-state index in [1.54, 1.807) is 9.58 Å². The molecular formula is C20H27N7O2. The van der Waals surface area contributed by atoms with Crippen molar-refractivity contribution in [2.24, 2.45) is 0 Å². The first kappa shape index (κ1) is 19.5. The van der Waals surface area contributed by atoms with Crippen molar-refractivity contribution < 1.29 is 9.59 Å². The molecule has 3 heterocycles. The quantitative estimate of drug-likeness (QED) is 0.773. The number of hydrogen-bond donors (Lipinski definition) is 1. The zero-order chi connectivity index (χ0) is 20.2. The van der Waals surface area contributed by atoms with Gasteiger partial charge in [-0.3, -0.25) is 14.5 Å². The molecule has 2 unspecified atom stereocenters. The van der Waals surface area contributed by atoms with Gasteiger partial charge in [-0.1, -0.05) is 18.2 Å². The lowest BCUT2D eigenvalue weighted by atomic mass is 9.97. The average molecular weight is 397 g/mol. The Morgan fingerprint density at radius 3 is 2.79 bits per heavy atom. The Balaban J connectivity index is 1.38. The maximum absolute atomic E-state index is 12.5. The normalized spacial score (nSPS) is 22.8. The molecule has 1 N–H and O–H groups in total. The molecule has 0 spiro atoms. The lowest BCUT2D eigenvalue weighted by molar-refractivity contribution is -0.133. The predicted octanol–water partition coefficient (Wildman–Crippen LogP) is 0.754. The highest BCUT2D eigenvalue weighted by Crippen LogP contribution is 2.20. The van der Waals surface area contributed by atoms with Gasteiger partial charge in [0.2, 0.25) is 11.8 Å². The Morgan fingerprint density at radius 2 is 2.03 bits per heavy atom. The summed E-state index contributed by atoms with van der Waals surface area (Å²) in [6, 6.07) is 10.0. The van der Waals surface area contributed by atoms with E-state index in [9.17, 15) is 9.59 Å². The number of para-hydroxylation sites is 1. The minimum absolute atomic E-state index is 0.0509. The summed E-state index contributed by atoms with van der Waals surface area (Å²) in [6.45, 7) is 4.51. The molecule has 2 amide bonds. The van der Waals surface area contributed by atoms with Crippen molar-refractivity contribution >= 4 is 11.8 Å². The fraction of sp³-hybridized carbons (Fsp3) is 0.550. The monoisotopic (exact) mass is 397 g/mol. The molecule has 2 atom stereocenters. The second-order valence-corrected chi connectivity index (χ2v) is 7.79. The SMILES string of the molecule is CC1C(NC(=O)CN2CCCC2=O)CCCN1Cc1nnnn1-c1ccccc1. The number of rotatable bonds is 6. The molecular weight excluding hydrogens is 370 g/mol. The van der Waals surface area contributed by atoms with Crippen LogP contribution in [0.5, 0.6) is 0 Å². The molecule has 0 radical (unpaired) electrons. The van der Waals surface area contributed by atoms with Crippen LogP contribution in [0.1, 0.15) is 38.4 Å². The Labute approximate surface area is 170 Å². The number of likely N-dealkylation sites (tertiary alicyclic amines) is 2. The summed E-state index contributed by atoms with van der Waals surface area (Å²) in [7, 11) is 0. The van der Waals surface area contributed by atoms with Gasteiger partial charge in [0, 0.05) is 25.0 Å². The molecule has 2 aliphatic heterocycles. The van der Waals surface area contributed by atoms with E-state index < -0.39 is 0 Å². The van der Waals surface area contributed by atoms with Crippen molar-refractivity contribution in [1.82, 2.24) is 35.3 Å². The van der Waals surface area contributed by atoms with Crippen LogP contribution in [0.15, 0.2) is 30.3 Å². The molecule has 2 aromatic rings. The van der Waals surface area contributed by atoms with Crippen molar-refractivity contribution in [3.05, 3.63) is 36.2 Å². The number of amides is 2. The van der Waals surface area contributed by atoms with E-state index in [0.717, 1.165) is 37.3 Å². The molecule has 9 nitrogen and oxygen atoms in total. The molecule has 2 saturated heterocycles. The van der Waals surface area contributed by atoms with Crippen LogP contribution in [-0.2, 0) is 16.1 Å². The summed E-state index contributed by atoms with van der Waals surface area (Å²) in [4.78, 5) is 28.2. The van der Waals surface area contributed by atoms with Gasteiger partial charge in [-0.2, -0.15) is 4.68 Å². The van der Waals surface area contributed by atoms with Crippen LogP contribution in [0, 0.1) is 0 Å². The minimum Gasteiger partial charge on any atom is -0.350 e. The van der Waals surface area contributed by atoms with Gasteiger partial charge in [0.1, 0.15) is 0 Å². The fourth-order valence-electron chi connectivity index (χ4n) is 4.18. The maximum atomic E-state index is 12.5. The highest BCUT2D eigenvalue weighted by Gasteiger charge is 2.31. The number of tetrazole rings is 1. The molecule has 29 heavy (non-hydrogen) atoms. The molecule has 0 saturated carbocycles. The van der Waals surface area contributed by atoms with Crippen LogP contribution in [0.2, 0.25) is 0 Å². The van der Waals surface area contributed by atoms with Gasteiger partial charge in [0.25, 0.3) is 0 Å². The van der Waals surface area contributed by atoms with Gasteiger partial charge in [0.15, 0.2) is 5.82 Å². The van der Waals surface area contributed by atoms with E-state index in [1.807, 2.05) is 30.3 Å². The Hall–Kier alpha value is -2.81. The van der Waals surface area contributed by atoms with Crippen molar-refractivity contribution in [3.8, 4) is 5.69 Å². The van der Waals surface area contributed by atoms with Gasteiger partial charge in [-0.25, -0.2) is 0 Å². The van der Waals surface area contributed by atoms with Gasteiger partial charge in [-0.05, 0) is 55.3 Å². The van der Waals surface area contributed by atoms with E-state index in [2.05, 4.69) is 32.7 Å². The first-order valence-corrected chi connectivity index (χ1v) is 10.3. The number of piperidine rings is 1. The molecule has 2 fully saturated rings. The number of aromatic nitrogens is 4. The van der Waals surface area contributed by atoms with E-state index in [4.69, 9.17) is 0 Å². The molecule has 154 valence electrons. The molecule has 0 aliphatic carbocycles. The van der Waals surface area contributed by atoms with Crippen LogP contribution in [0.3, 0.4) is 0 Å². The van der Waals surface area contributed by atoms with Gasteiger partial charge >= 0.3 is 0 Å². The molecule has 2 aliphatic rings. The molecule has 9 heteroatoms. The minimum atomic E-state index is -0.0759. The van der Waals surface area contributed by atoms with Crippen LogP contribution in [0.25, 0.3) is 5.69 Å². The predicted molar refractivity (Wildman–Crippen MR) is 106 cm³/mol. The first-order valence-electron chi connectivity index (χ1n) is 10.3. The summed E-state index contributed by atoms with van der Waals surface area (Å²) in [5, 5.41) is 15.3.